The number of fused-ring (bicyclic) bond motifs is 1. The normalized spacial score (nSPS) is 10.8. The molecule has 0 aliphatic carbocycles. The van der Waals surface area contributed by atoms with E-state index >= 15 is 0 Å². The summed E-state index contributed by atoms with van der Waals surface area (Å²) in [5.74, 6) is 0.730. The van der Waals surface area contributed by atoms with E-state index in [4.69, 9.17) is 0 Å². The quantitative estimate of drug-likeness (QED) is 0.734. The highest BCUT2D eigenvalue weighted by Crippen LogP contribution is 2.12. The third kappa shape index (κ3) is 1.61. The van der Waals surface area contributed by atoms with Crippen molar-refractivity contribution in [2.24, 2.45) is 0 Å². The molecule has 0 aromatic carbocycles. The van der Waals surface area contributed by atoms with E-state index in [2.05, 4.69) is 25.5 Å². The zero-order valence-corrected chi connectivity index (χ0v) is 9.05. The molecule has 0 amide bonds. The van der Waals surface area contributed by atoms with Crippen LogP contribution < -0.4 is 5.32 Å². The fraction of sp³-hybridized carbons (Fsp3) is 0.111. The summed E-state index contributed by atoms with van der Waals surface area (Å²) in [4.78, 5) is 9.40. The van der Waals surface area contributed by atoms with Gasteiger partial charge in [0.2, 0.25) is 5.65 Å². The highest BCUT2D eigenvalue weighted by molar-refractivity contribution is 7.09. The molecule has 0 saturated carbocycles. The van der Waals surface area contributed by atoms with Gasteiger partial charge in [-0.05, 0) is 0 Å². The van der Waals surface area contributed by atoms with Crippen molar-refractivity contribution in [2.45, 2.75) is 6.54 Å². The van der Waals surface area contributed by atoms with E-state index in [9.17, 15) is 0 Å². The van der Waals surface area contributed by atoms with Crippen LogP contribution in [0, 0.1) is 0 Å². The van der Waals surface area contributed by atoms with Crippen molar-refractivity contribution in [2.75, 3.05) is 5.32 Å². The van der Waals surface area contributed by atoms with Crippen LogP contribution in [-0.4, -0.2) is 24.6 Å². The van der Waals surface area contributed by atoms with E-state index in [1.54, 1.807) is 23.9 Å². The van der Waals surface area contributed by atoms with Gasteiger partial charge in [0.25, 0.3) is 0 Å². The zero-order chi connectivity index (χ0) is 10.8. The minimum absolute atomic E-state index is 0.699. The molecule has 0 aliphatic heterocycles. The molecule has 0 saturated heterocycles. The Morgan fingerprint density at radius 2 is 2.44 bits per heavy atom. The molecule has 0 bridgehead atoms. The van der Waals surface area contributed by atoms with Crippen LogP contribution in [0.3, 0.4) is 0 Å². The van der Waals surface area contributed by atoms with Crippen molar-refractivity contribution < 1.29 is 0 Å². The van der Waals surface area contributed by atoms with E-state index in [-0.39, 0.29) is 0 Å². The smallest absolute Gasteiger partial charge is 0.203 e. The lowest BCUT2D eigenvalue weighted by Crippen LogP contribution is -2.02. The molecule has 3 aromatic rings. The maximum atomic E-state index is 4.23. The second-order valence-electron chi connectivity index (χ2n) is 3.16. The Hall–Kier alpha value is -2.02. The Labute approximate surface area is 95.0 Å². The summed E-state index contributed by atoms with van der Waals surface area (Å²) >= 11 is 1.61. The van der Waals surface area contributed by atoms with Crippen LogP contribution >= 0.6 is 11.3 Å². The standard InChI is InChI=1S/C9H8N6S/c1-2-15-5-13-14-9(15)8(11-1)12-4-7-3-10-6-16-7/h1-3,5-6H,4H2,(H,11,12). The first-order chi connectivity index (χ1) is 7.93. The summed E-state index contributed by atoms with van der Waals surface area (Å²) in [5, 5.41) is 11.0. The van der Waals surface area contributed by atoms with Crippen molar-refractivity contribution in [3.63, 3.8) is 0 Å². The third-order valence-corrected chi connectivity index (χ3v) is 2.91. The van der Waals surface area contributed by atoms with E-state index in [1.807, 2.05) is 22.3 Å². The molecule has 16 heavy (non-hydrogen) atoms. The number of hydrogen-bond acceptors (Lipinski definition) is 6. The first-order valence-electron chi connectivity index (χ1n) is 4.69. The summed E-state index contributed by atoms with van der Waals surface area (Å²) < 4.78 is 1.82. The number of anilines is 1. The number of rotatable bonds is 3. The first kappa shape index (κ1) is 9.22. The van der Waals surface area contributed by atoms with E-state index in [0.29, 0.717) is 6.54 Å². The minimum atomic E-state index is 0.699. The lowest BCUT2D eigenvalue weighted by atomic mass is 10.5. The molecule has 0 atom stereocenters. The Morgan fingerprint density at radius 1 is 1.44 bits per heavy atom. The van der Waals surface area contributed by atoms with Gasteiger partial charge >= 0.3 is 0 Å². The minimum Gasteiger partial charge on any atom is -0.362 e. The lowest BCUT2D eigenvalue weighted by Gasteiger charge is -2.03. The second kappa shape index (κ2) is 3.86. The van der Waals surface area contributed by atoms with Crippen LogP contribution in [0.25, 0.3) is 5.65 Å². The number of hydrogen-bond donors (Lipinski definition) is 1. The van der Waals surface area contributed by atoms with Gasteiger partial charge in [-0.25, -0.2) is 4.98 Å². The molecule has 0 unspecified atom stereocenters. The molecule has 0 aliphatic rings. The first-order valence-corrected chi connectivity index (χ1v) is 5.57. The fourth-order valence-corrected chi connectivity index (χ4v) is 1.92. The molecular formula is C9H8N6S. The van der Waals surface area contributed by atoms with Gasteiger partial charge < -0.3 is 5.32 Å². The van der Waals surface area contributed by atoms with Crippen molar-refractivity contribution >= 4 is 22.8 Å². The number of nitrogens with one attached hydrogen (secondary N) is 1. The van der Waals surface area contributed by atoms with Gasteiger partial charge in [-0.3, -0.25) is 9.38 Å². The fourth-order valence-electron chi connectivity index (χ4n) is 1.38. The Kier molecular flexibility index (Phi) is 2.22. The van der Waals surface area contributed by atoms with Gasteiger partial charge in [0, 0.05) is 23.5 Å². The predicted octanol–water partition coefficient (Wildman–Crippen LogP) is 1.19. The maximum Gasteiger partial charge on any atom is 0.203 e. The summed E-state index contributed by atoms with van der Waals surface area (Å²) in [6.45, 7) is 0.699. The monoisotopic (exact) mass is 232 g/mol. The Balaban J connectivity index is 1.86. The highest BCUT2D eigenvalue weighted by Gasteiger charge is 2.04. The SMILES string of the molecule is c1cn2cnnc2c(NCc2cncs2)n1. The van der Waals surface area contributed by atoms with Crippen molar-refractivity contribution in [1.82, 2.24) is 24.6 Å². The van der Waals surface area contributed by atoms with Gasteiger partial charge in [0.1, 0.15) is 6.33 Å². The van der Waals surface area contributed by atoms with Crippen LogP contribution in [0.5, 0.6) is 0 Å². The Morgan fingerprint density at radius 3 is 3.31 bits per heavy atom. The summed E-state index contributed by atoms with van der Waals surface area (Å²) in [6.07, 6.45) is 7.01. The van der Waals surface area contributed by atoms with Crippen LogP contribution in [0.2, 0.25) is 0 Å². The van der Waals surface area contributed by atoms with Crippen LogP contribution in [0.15, 0.2) is 30.4 Å². The molecule has 3 rings (SSSR count). The van der Waals surface area contributed by atoms with E-state index in [0.717, 1.165) is 16.3 Å². The molecule has 3 aromatic heterocycles. The van der Waals surface area contributed by atoms with Gasteiger partial charge in [-0.15, -0.1) is 21.5 Å². The van der Waals surface area contributed by atoms with Gasteiger partial charge in [-0.2, -0.15) is 0 Å². The van der Waals surface area contributed by atoms with Crippen LogP contribution in [-0.2, 0) is 6.54 Å². The summed E-state index contributed by atoms with van der Waals surface area (Å²) in [6, 6.07) is 0. The summed E-state index contributed by atoms with van der Waals surface area (Å²) in [7, 11) is 0. The molecule has 1 N–H and O–H groups in total. The molecule has 0 radical (unpaired) electrons. The Bertz CT molecular complexity index is 587. The van der Waals surface area contributed by atoms with E-state index in [1.165, 1.54) is 0 Å². The molecule has 0 spiro atoms. The number of nitrogens with zero attached hydrogens (tertiary/aromatic N) is 5. The van der Waals surface area contributed by atoms with Gasteiger partial charge in [-0.1, -0.05) is 0 Å². The summed E-state index contributed by atoms with van der Waals surface area (Å²) in [5.41, 5.74) is 2.54. The number of thiazole rings is 1. The molecule has 0 fully saturated rings. The molecular weight excluding hydrogens is 224 g/mol. The molecule has 7 heteroatoms. The second-order valence-corrected chi connectivity index (χ2v) is 4.13. The van der Waals surface area contributed by atoms with Crippen molar-refractivity contribution in [1.29, 1.82) is 0 Å². The molecule has 6 nitrogen and oxygen atoms in total. The molecule has 3 heterocycles. The highest BCUT2D eigenvalue weighted by atomic mass is 32.1. The molecule has 80 valence electrons. The largest absolute Gasteiger partial charge is 0.362 e. The average molecular weight is 232 g/mol. The van der Waals surface area contributed by atoms with Crippen LogP contribution in [0.4, 0.5) is 5.82 Å². The van der Waals surface area contributed by atoms with Crippen molar-refractivity contribution in [3.8, 4) is 0 Å². The predicted molar refractivity (Wildman–Crippen MR) is 60.2 cm³/mol. The van der Waals surface area contributed by atoms with Crippen LogP contribution in [0.1, 0.15) is 4.88 Å². The maximum absolute atomic E-state index is 4.23. The zero-order valence-electron chi connectivity index (χ0n) is 8.24. The van der Waals surface area contributed by atoms with E-state index < -0.39 is 0 Å². The van der Waals surface area contributed by atoms with Gasteiger partial charge in [0.05, 0.1) is 12.1 Å². The lowest BCUT2D eigenvalue weighted by molar-refractivity contribution is 1.08. The number of aromatic nitrogens is 5. The third-order valence-electron chi connectivity index (χ3n) is 2.13. The average Bonchev–Trinajstić information content (AvgIpc) is 2.97. The topological polar surface area (TPSA) is 68.0 Å². The van der Waals surface area contributed by atoms with Crippen molar-refractivity contribution in [3.05, 3.63) is 35.3 Å². The van der Waals surface area contributed by atoms with Gasteiger partial charge in [0.15, 0.2) is 5.82 Å².